The first-order valence-corrected chi connectivity index (χ1v) is 9.77. The fraction of sp³-hybridized carbons (Fsp3) is 0.0769. The lowest BCUT2D eigenvalue weighted by molar-refractivity contribution is 0.0591. The Labute approximate surface area is 184 Å². The van der Waals surface area contributed by atoms with Crippen LogP contribution >= 0.6 is 0 Å². The summed E-state index contributed by atoms with van der Waals surface area (Å²) in [6.45, 7) is 0. The summed E-state index contributed by atoms with van der Waals surface area (Å²) in [6, 6.07) is 19.3. The highest BCUT2D eigenvalue weighted by molar-refractivity contribution is 6.52. The van der Waals surface area contributed by atoms with Crippen molar-refractivity contribution in [3.8, 4) is 0 Å². The van der Waals surface area contributed by atoms with Crippen molar-refractivity contribution in [3.05, 3.63) is 106 Å². The fourth-order valence-electron chi connectivity index (χ4n) is 3.87. The average Bonchev–Trinajstić information content (AvgIpc) is 2.85. The second-order valence-electron chi connectivity index (χ2n) is 7.03. The molecule has 0 atom stereocenters. The normalized spacial score (nSPS) is 12.9. The van der Waals surface area contributed by atoms with Crippen LogP contribution in [0.4, 0.5) is 0 Å². The first-order chi connectivity index (χ1) is 15.5. The molecule has 0 N–H and O–H groups in total. The predicted molar refractivity (Wildman–Crippen MR) is 117 cm³/mol. The molecule has 0 unspecified atom stereocenters. The number of allylic oxidation sites excluding steroid dienone is 2. The quantitative estimate of drug-likeness (QED) is 0.580. The number of Topliss-reactive ketones (excluding diaryl/α,β-unsaturated/α-hetero) is 2. The van der Waals surface area contributed by atoms with E-state index in [0.29, 0.717) is 0 Å². The molecule has 0 heterocycles. The van der Waals surface area contributed by atoms with Crippen LogP contribution in [0.3, 0.4) is 0 Å². The van der Waals surface area contributed by atoms with Crippen molar-refractivity contribution in [2.75, 3.05) is 14.2 Å². The van der Waals surface area contributed by atoms with Crippen molar-refractivity contribution >= 4 is 34.7 Å². The van der Waals surface area contributed by atoms with Gasteiger partial charge in [0.25, 0.3) is 0 Å². The summed E-state index contributed by atoms with van der Waals surface area (Å²) in [5, 5.41) is 0. The van der Waals surface area contributed by atoms with Crippen LogP contribution in [0.15, 0.2) is 72.8 Å². The summed E-state index contributed by atoms with van der Waals surface area (Å²) in [5.74, 6) is -2.14. The minimum absolute atomic E-state index is 0.0334. The van der Waals surface area contributed by atoms with Gasteiger partial charge in [0, 0.05) is 33.4 Å². The maximum Gasteiger partial charge on any atom is 0.338 e. The number of fused-ring (bicyclic) bond motifs is 1. The van der Waals surface area contributed by atoms with Gasteiger partial charge in [-0.15, -0.1) is 0 Å². The molecule has 0 saturated carbocycles. The molecule has 6 nitrogen and oxygen atoms in total. The molecule has 0 radical (unpaired) electrons. The van der Waals surface area contributed by atoms with Crippen molar-refractivity contribution in [2.24, 2.45) is 0 Å². The van der Waals surface area contributed by atoms with E-state index < -0.39 is 23.5 Å². The summed E-state index contributed by atoms with van der Waals surface area (Å²) >= 11 is 0. The Morgan fingerprint density at radius 2 is 0.844 bits per heavy atom. The van der Waals surface area contributed by atoms with Crippen LogP contribution < -0.4 is 0 Å². The SMILES string of the molecule is COC(=O)c1ccccc1C1=C(c2ccccc2C(=O)OC)C(=O)c2ccccc2C1=O. The molecule has 0 bridgehead atoms. The Kier molecular flexibility index (Phi) is 5.52. The summed E-state index contributed by atoms with van der Waals surface area (Å²) in [4.78, 5) is 52.3. The number of hydrogen-bond acceptors (Lipinski definition) is 6. The van der Waals surface area contributed by atoms with Crippen molar-refractivity contribution < 1.29 is 28.7 Å². The molecule has 0 fully saturated rings. The van der Waals surface area contributed by atoms with Crippen LogP contribution in [0, 0.1) is 0 Å². The topological polar surface area (TPSA) is 86.7 Å². The van der Waals surface area contributed by atoms with Crippen LogP contribution in [0.25, 0.3) is 11.1 Å². The van der Waals surface area contributed by atoms with Gasteiger partial charge < -0.3 is 9.47 Å². The lowest BCUT2D eigenvalue weighted by Crippen LogP contribution is -2.23. The van der Waals surface area contributed by atoms with Crippen LogP contribution in [0.2, 0.25) is 0 Å². The van der Waals surface area contributed by atoms with E-state index in [4.69, 9.17) is 9.47 Å². The highest BCUT2D eigenvalue weighted by atomic mass is 16.5. The Balaban J connectivity index is 2.13. The summed E-state index contributed by atoms with van der Waals surface area (Å²) < 4.78 is 9.78. The maximum absolute atomic E-state index is 13.7. The maximum atomic E-state index is 13.7. The molecule has 6 heteroatoms. The van der Waals surface area contributed by atoms with Gasteiger partial charge in [0.05, 0.1) is 25.3 Å². The van der Waals surface area contributed by atoms with E-state index in [9.17, 15) is 19.2 Å². The van der Waals surface area contributed by atoms with E-state index in [0.717, 1.165) is 0 Å². The summed E-state index contributed by atoms with van der Waals surface area (Å²) in [6.07, 6.45) is 0. The van der Waals surface area contributed by atoms with Gasteiger partial charge in [-0.3, -0.25) is 9.59 Å². The number of carbonyl (C=O) groups excluding carboxylic acids is 4. The first kappa shape index (κ1) is 20.9. The lowest BCUT2D eigenvalue weighted by Gasteiger charge is -2.23. The summed E-state index contributed by atoms with van der Waals surface area (Å²) in [7, 11) is 2.48. The monoisotopic (exact) mass is 426 g/mol. The van der Waals surface area contributed by atoms with Gasteiger partial charge in [-0.1, -0.05) is 60.7 Å². The number of ketones is 2. The highest BCUT2D eigenvalue weighted by Gasteiger charge is 2.36. The zero-order valence-electron chi connectivity index (χ0n) is 17.4. The minimum Gasteiger partial charge on any atom is -0.465 e. The van der Waals surface area contributed by atoms with Gasteiger partial charge in [0.1, 0.15) is 0 Å². The molecule has 0 aromatic heterocycles. The number of hydrogen-bond donors (Lipinski definition) is 0. The second kappa shape index (κ2) is 8.43. The predicted octanol–water partition coefficient (Wildman–Crippen LogP) is 4.25. The van der Waals surface area contributed by atoms with Crippen molar-refractivity contribution in [1.82, 2.24) is 0 Å². The Bertz CT molecular complexity index is 1210. The standard InChI is InChI=1S/C26H18O6/c1-31-25(29)19-13-7-3-9-15(19)21-22(16-10-4-8-14-20(16)26(30)32-2)24(28)18-12-6-5-11-17(18)23(21)27/h3-14H,1-2H3. The molecule has 158 valence electrons. The molecule has 3 aromatic carbocycles. The fourth-order valence-corrected chi connectivity index (χ4v) is 3.87. The zero-order chi connectivity index (χ0) is 22.8. The molecule has 0 saturated heterocycles. The third-order valence-corrected chi connectivity index (χ3v) is 5.32. The number of carbonyl (C=O) groups is 4. The third kappa shape index (κ3) is 3.32. The third-order valence-electron chi connectivity index (χ3n) is 5.32. The molecular weight excluding hydrogens is 408 g/mol. The highest BCUT2D eigenvalue weighted by Crippen LogP contribution is 2.39. The zero-order valence-corrected chi connectivity index (χ0v) is 17.4. The first-order valence-electron chi connectivity index (χ1n) is 9.77. The Morgan fingerprint density at radius 1 is 0.531 bits per heavy atom. The van der Waals surface area contributed by atoms with Crippen LogP contribution in [-0.4, -0.2) is 37.7 Å². The van der Waals surface area contributed by atoms with E-state index >= 15 is 0 Å². The van der Waals surface area contributed by atoms with Gasteiger partial charge >= 0.3 is 11.9 Å². The van der Waals surface area contributed by atoms with Crippen molar-refractivity contribution in [3.63, 3.8) is 0 Å². The number of esters is 2. The molecule has 0 amide bonds. The molecule has 1 aliphatic rings. The lowest BCUT2D eigenvalue weighted by atomic mass is 9.77. The molecule has 3 aromatic rings. The van der Waals surface area contributed by atoms with Crippen LogP contribution in [0.1, 0.15) is 52.6 Å². The average molecular weight is 426 g/mol. The molecular formula is C26H18O6. The van der Waals surface area contributed by atoms with Gasteiger partial charge in [0.2, 0.25) is 0 Å². The van der Waals surface area contributed by atoms with Gasteiger partial charge in [0.15, 0.2) is 11.6 Å². The van der Waals surface area contributed by atoms with Gasteiger partial charge in [-0.2, -0.15) is 0 Å². The van der Waals surface area contributed by atoms with Crippen molar-refractivity contribution in [2.45, 2.75) is 0 Å². The van der Waals surface area contributed by atoms with Crippen molar-refractivity contribution in [1.29, 1.82) is 0 Å². The smallest absolute Gasteiger partial charge is 0.338 e. The summed E-state index contributed by atoms with van der Waals surface area (Å²) in [5.41, 5.74) is 1.30. The number of ether oxygens (including phenoxy) is 2. The van der Waals surface area contributed by atoms with Gasteiger partial charge in [-0.05, 0) is 12.1 Å². The number of rotatable bonds is 4. The van der Waals surface area contributed by atoms with E-state index in [1.165, 1.54) is 26.4 Å². The number of methoxy groups -OCH3 is 2. The van der Waals surface area contributed by atoms with Crippen LogP contribution in [0.5, 0.6) is 0 Å². The van der Waals surface area contributed by atoms with Crippen LogP contribution in [-0.2, 0) is 9.47 Å². The molecule has 32 heavy (non-hydrogen) atoms. The Morgan fingerprint density at radius 3 is 1.19 bits per heavy atom. The van der Waals surface area contributed by atoms with E-state index in [1.807, 2.05) is 0 Å². The van der Waals surface area contributed by atoms with E-state index in [1.54, 1.807) is 60.7 Å². The second-order valence-corrected chi connectivity index (χ2v) is 7.03. The van der Waals surface area contributed by atoms with E-state index in [2.05, 4.69) is 0 Å². The molecule has 0 spiro atoms. The Hall–Kier alpha value is -4.32. The molecule has 1 aliphatic carbocycles. The molecule has 0 aliphatic heterocycles. The van der Waals surface area contributed by atoms with E-state index in [-0.39, 0.29) is 44.5 Å². The minimum atomic E-state index is -0.646. The molecule has 4 rings (SSSR count). The number of benzene rings is 3. The largest absolute Gasteiger partial charge is 0.465 e. The van der Waals surface area contributed by atoms with Gasteiger partial charge in [-0.25, -0.2) is 9.59 Å².